The molecule has 1 aliphatic heterocycles. The number of nitrogens with zero attached hydrogens (tertiary/aromatic N) is 2. The average molecular weight is 288 g/mol. The van der Waals surface area contributed by atoms with Gasteiger partial charge in [-0.05, 0) is 25.0 Å². The van der Waals surface area contributed by atoms with E-state index in [9.17, 15) is 18.0 Å². The second kappa shape index (κ2) is 5.56. The third kappa shape index (κ3) is 3.52. The fraction of sp³-hybridized carbons (Fsp3) is 0.500. The van der Waals surface area contributed by atoms with E-state index in [1.807, 2.05) is 0 Å². The molecule has 110 valence electrons. The number of nitrogens with one attached hydrogen (secondary N) is 1. The Bertz CT molecular complexity index is 498. The van der Waals surface area contributed by atoms with Crippen LogP contribution in [0.5, 0.6) is 0 Å². The van der Waals surface area contributed by atoms with Crippen molar-refractivity contribution in [2.24, 2.45) is 0 Å². The summed E-state index contributed by atoms with van der Waals surface area (Å²) in [5, 5.41) is 2.59. The minimum atomic E-state index is -4.49. The van der Waals surface area contributed by atoms with E-state index in [4.69, 9.17) is 5.73 Å². The van der Waals surface area contributed by atoms with E-state index < -0.39 is 11.7 Å². The Hall–Kier alpha value is -1.99. The number of alkyl halides is 3. The second-order valence-electron chi connectivity index (χ2n) is 4.61. The first-order valence-corrected chi connectivity index (χ1v) is 6.22. The molecule has 1 amide bonds. The third-order valence-corrected chi connectivity index (χ3v) is 3.05. The maximum atomic E-state index is 12.6. The van der Waals surface area contributed by atoms with Crippen LogP contribution in [-0.2, 0) is 11.0 Å². The number of carbonyl (C=O) groups is 1. The number of anilines is 2. The van der Waals surface area contributed by atoms with E-state index in [2.05, 4.69) is 10.3 Å². The van der Waals surface area contributed by atoms with Crippen LogP contribution in [-0.4, -0.2) is 35.4 Å². The molecule has 1 aromatic heterocycles. The third-order valence-electron chi connectivity index (χ3n) is 3.05. The summed E-state index contributed by atoms with van der Waals surface area (Å²) in [5.74, 6) is -0.443. The average Bonchev–Trinajstić information content (AvgIpc) is 2.88. The maximum Gasteiger partial charge on any atom is 0.416 e. The molecule has 0 saturated carbocycles. The molecule has 3 N–H and O–H groups in total. The molecule has 1 fully saturated rings. The summed E-state index contributed by atoms with van der Waals surface area (Å²) in [6, 6.07) is 1.60. The van der Waals surface area contributed by atoms with Gasteiger partial charge >= 0.3 is 6.18 Å². The highest BCUT2D eigenvalue weighted by molar-refractivity contribution is 5.80. The minimum Gasteiger partial charge on any atom is -0.384 e. The molecule has 0 radical (unpaired) electrons. The molecule has 0 atom stereocenters. The standard InChI is InChI=1S/C12H15F3N4O/c13-12(14,15)8-5-9(16)18-10(6-8)17-7-11(20)19-3-1-2-4-19/h5-6H,1-4,7H2,(H3,16,17,18). The van der Waals surface area contributed by atoms with Gasteiger partial charge in [-0.25, -0.2) is 4.98 Å². The molecule has 8 heteroatoms. The van der Waals surface area contributed by atoms with Crippen LogP contribution < -0.4 is 11.1 Å². The Morgan fingerprint density at radius 2 is 2.00 bits per heavy atom. The minimum absolute atomic E-state index is 0.0510. The SMILES string of the molecule is Nc1cc(C(F)(F)F)cc(NCC(=O)N2CCCC2)n1. The number of aromatic nitrogens is 1. The van der Waals surface area contributed by atoms with Gasteiger partial charge in [-0.2, -0.15) is 13.2 Å². The molecule has 1 saturated heterocycles. The zero-order valence-electron chi connectivity index (χ0n) is 10.7. The van der Waals surface area contributed by atoms with Crippen molar-refractivity contribution in [3.63, 3.8) is 0 Å². The van der Waals surface area contributed by atoms with Crippen molar-refractivity contribution in [2.75, 3.05) is 30.7 Å². The molecule has 5 nitrogen and oxygen atoms in total. The molecule has 0 aliphatic carbocycles. The largest absolute Gasteiger partial charge is 0.416 e. The van der Waals surface area contributed by atoms with E-state index in [0.717, 1.165) is 25.0 Å². The number of pyridine rings is 1. The molecule has 0 aromatic carbocycles. The lowest BCUT2D eigenvalue weighted by Crippen LogP contribution is -2.33. The fourth-order valence-corrected chi connectivity index (χ4v) is 2.05. The zero-order chi connectivity index (χ0) is 14.8. The number of hydrogen-bond donors (Lipinski definition) is 2. The van der Waals surface area contributed by atoms with Crippen molar-refractivity contribution in [3.8, 4) is 0 Å². The van der Waals surface area contributed by atoms with Crippen LogP contribution in [0.1, 0.15) is 18.4 Å². The maximum absolute atomic E-state index is 12.6. The number of rotatable bonds is 3. The lowest BCUT2D eigenvalue weighted by Gasteiger charge is -2.16. The van der Waals surface area contributed by atoms with Gasteiger partial charge in [0, 0.05) is 13.1 Å². The predicted octanol–water partition coefficient (Wildman–Crippen LogP) is 1.72. The molecule has 2 rings (SSSR count). The Labute approximate surface area is 114 Å². The first-order chi connectivity index (χ1) is 9.36. The van der Waals surface area contributed by atoms with Crippen molar-refractivity contribution in [1.29, 1.82) is 0 Å². The van der Waals surface area contributed by atoms with Crippen molar-refractivity contribution in [2.45, 2.75) is 19.0 Å². The van der Waals surface area contributed by atoms with Crippen LogP contribution in [0.25, 0.3) is 0 Å². The number of nitrogens with two attached hydrogens (primary N) is 1. The Kier molecular flexibility index (Phi) is 4.01. The van der Waals surface area contributed by atoms with Gasteiger partial charge in [-0.3, -0.25) is 4.79 Å². The second-order valence-corrected chi connectivity index (χ2v) is 4.61. The van der Waals surface area contributed by atoms with Crippen molar-refractivity contribution >= 4 is 17.5 Å². The smallest absolute Gasteiger partial charge is 0.384 e. The van der Waals surface area contributed by atoms with E-state index in [0.29, 0.717) is 13.1 Å². The van der Waals surface area contributed by atoms with E-state index in [-0.39, 0.29) is 24.1 Å². The Morgan fingerprint density at radius 3 is 2.60 bits per heavy atom. The quantitative estimate of drug-likeness (QED) is 0.888. The van der Waals surface area contributed by atoms with Crippen LogP contribution in [0.3, 0.4) is 0 Å². The molecule has 2 heterocycles. The molecule has 20 heavy (non-hydrogen) atoms. The van der Waals surface area contributed by atoms with Gasteiger partial charge in [0.1, 0.15) is 11.6 Å². The van der Waals surface area contributed by atoms with Crippen molar-refractivity contribution in [1.82, 2.24) is 9.88 Å². The van der Waals surface area contributed by atoms with E-state index in [1.54, 1.807) is 4.90 Å². The van der Waals surface area contributed by atoms with Crippen LogP contribution in [0.15, 0.2) is 12.1 Å². The predicted molar refractivity (Wildman–Crippen MR) is 68.0 cm³/mol. The lowest BCUT2D eigenvalue weighted by atomic mass is 10.2. The number of nitrogen functional groups attached to an aromatic ring is 1. The normalized spacial score (nSPS) is 15.4. The van der Waals surface area contributed by atoms with Gasteiger partial charge in [0.2, 0.25) is 5.91 Å². The van der Waals surface area contributed by atoms with E-state index >= 15 is 0 Å². The molecule has 0 unspecified atom stereocenters. The fourth-order valence-electron chi connectivity index (χ4n) is 2.05. The highest BCUT2D eigenvalue weighted by Crippen LogP contribution is 2.31. The van der Waals surface area contributed by atoms with Gasteiger partial charge in [0.25, 0.3) is 0 Å². The van der Waals surface area contributed by atoms with Gasteiger partial charge < -0.3 is 16.0 Å². The zero-order valence-corrected chi connectivity index (χ0v) is 10.7. The molecular formula is C12H15F3N4O. The van der Waals surface area contributed by atoms with E-state index in [1.165, 1.54) is 0 Å². The summed E-state index contributed by atoms with van der Waals surface area (Å²) in [7, 11) is 0. The number of carbonyl (C=O) groups excluding carboxylic acids is 1. The van der Waals surface area contributed by atoms with Gasteiger partial charge in [0.15, 0.2) is 0 Å². The summed E-state index contributed by atoms with van der Waals surface area (Å²) in [5.41, 5.74) is 4.45. The summed E-state index contributed by atoms with van der Waals surface area (Å²) in [6.07, 6.45) is -2.58. The number of amides is 1. The number of hydrogen-bond acceptors (Lipinski definition) is 4. The van der Waals surface area contributed by atoms with Crippen LogP contribution >= 0.6 is 0 Å². The highest BCUT2D eigenvalue weighted by Gasteiger charge is 2.31. The van der Waals surface area contributed by atoms with Gasteiger partial charge in [-0.1, -0.05) is 0 Å². The topological polar surface area (TPSA) is 71.2 Å². The van der Waals surface area contributed by atoms with Crippen LogP contribution in [0.4, 0.5) is 24.8 Å². The Balaban J connectivity index is 2.02. The summed E-state index contributed by atoms with van der Waals surface area (Å²) < 4.78 is 37.8. The monoisotopic (exact) mass is 288 g/mol. The summed E-state index contributed by atoms with van der Waals surface area (Å²) in [4.78, 5) is 17.2. The van der Waals surface area contributed by atoms with Crippen LogP contribution in [0, 0.1) is 0 Å². The lowest BCUT2D eigenvalue weighted by molar-refractivity contribution is -0.137. The van der Waals surface area contributed by atoms with Crippen molar-refractivity contribution < 1.29 is 18.0 Å². The molecule has 1 aromatic rings. The Morgan fingerprint density at radius 1 is 1.35 bits per heavy atom. The molecule has 1 aliphatic rings. The number of likely N-dealkylation sites (tertiary alicyclic amines) is 1. The summed E-state index contributed by atoms with van der Waals surface area (Å²) >= 11 is 0. The first-order valence-electron chi connectivity index (χ1n) is 6.22. The van der Waals surface area contributed by atoms with Crippen molar-refractivity contribution in [3.05, 3.63) is 17.7 Å². The first kappa shape index (κ1) is 14.4. The van der Waals surface area contributed by atoms with Gasteiger partial charge in [-0.15, -0.1) is 0 Å². The van der Waals surface area contributed by atoms with Crippen LogP contribution in [0.2, 0.25) is 0 Å². The molecule has 0 spiro atoms. The molecule has 0 bridgehead atoms. The number of halogens is 3. The highest BCUT2D eigenvalue weighted by atomic mass is 19.4. The molecular weight excluding hydrogens is 273 g/mol. The summed E-state index contributed by atoms with van der Waals surface area (Å²) in [6.45, 7) is 1.30. The van der Waals surface area contributed by atoms with Gasteiger partial charge in [0.05, 0.1) is 12.1 Å².